The van der Waals surface area contributed by atoms with Gasteiger partial charge in [0.05, 0.1) is 5.56 Å². The molecule has 0 aliphatic carbocycles. The van der Waals surface area contributed by atoms with E-state index in [0.29, 0.717) is 5.56 Å². The maximum atomic E-state index is 12.0. The summed E-state index contributed by atoms with van der Waals surface area (Å²) in [5, 5.41) is 12.7. The summed E-state index contributed by atoms with van der Waals surface area (Å²) in [5.41, 5.74) is 0.331. The van der Waals surface area contributed by atoms with Crippen LogP contribution in [0.2, 0.25) is 0 Å². The van der Waals surface area contributed by atoms with Gasteiger partial charge in [-0.2, -0.15) is 0 Å². The van der Waals surface area contributed by atoms with Crippen molar-refractivity contribution in [1.82, 2.24) is 10.2 Å². The molecule has 18 heavy (non-hydrogen) atoms. The van der Waals surface area contributed by atoms with Gasteiger partial charge in [0.1, 0.15) is 5.75 Å². The Bertz CT molecular complexity index is 443. The molecule has 4 nitrogen and oxygen atoms in total. The molecule has 98 valence electrons. The number of carbonyl (C=O) groups excluding carboxylic acids is 1. The van der Waals surface area contributed by atoms with E-state index in [4.69, 9.17) is 0 Å². The molecule has 1 aromatic carbocycles. The molecule has 2 N–H and O–H groups in total. The minimum Gasteiger partial charge on any atom is -0.507 e. The molecule has 0 bridgehead atoms. The van der Waals surface area contributed by atoms with Gasteiger partial charge < -0.3 is 15.3 Å². The van der Waals surface area contributed by atoms with E-state index >= 15 is 0 Å². The number of nitrogens with one attached hydrogen (secondary N) is 1. The fourth-order valence-electron chi connectivity index (χ4n) is 2.11. The van der Waals surface area contributed by atoms with Crippen molar-refractivity contribution in [2.75, 3.05) is 20.1 Å². The van der Waals surface area contributed by atoms with E-state index < -0.39 is 0 Å². The van der Waals surface area contributed by atoms with Gasteiger partial charge in [-0.1, -0.05) is 15.9 Å². The van der Waals surface area contributed by atoms with E-state index in [1.165, 1.54) is 6.07 Å². The van der Waals surface area contributed by atoms with E-state index in [9.17, 15) is 9.90 Å². The van der Waals surface area contributed by atoms with Crippen LogP contribution in [0.4, 0.5) is 0 Å². The zero-order chi connectivity index (χ0) is 13.1. The summed E-state index contributed by atoms with van der Waals surface area (Å²) in [6.07, 6.45) is 1.92. The number of hydrogen-bond donors (Lipinski definition) is 2. The Morgan fingerprint density at radius 3 is 2.72 bits per heavy atom. The van der Waals surface area contributed by atoms with Crippen LogP contribution in [-0.4, -0.2) is 42.1 Å². The molecule has 0 saturated carbocycles. The molecule has 0 radical (unpaired) electrons. The number of hydrogen-bond acceptors (Lipinski definition) is 3. The molecule has 0 unspecified atom stereocenters. The number of halogens is 1. The van der Waals surface area contributed by atoms with Crippen LogP contribution < -0.4 is 5.32 Å². The molecule has 1 aliphatic heterocycles. The lowest BCUT2D eigenvalue weighted by Crippen LogP contribution is -2.43. The molecule has 0 atom stereocenters. The van der Waals surface area contributed by atoms with Crippen LogP contribution in [0.3, 0.4) is 0 Å². The normalized spacial score (nSPS) is 17.7. The fraction of sp³-hybridized carbons (Fsp3) is 0.462. The third-order valence-electron chi connectivity index (χ3n) is 3.26. The first-order chi connectivity index (χ1) is 8.56. The standard InChI is InChI=1S/C13H17BrN2O2/c1-16-6-4-10(5-7-16)15-13(18)11-3-2-9(14)8-12(11)17/h2-3,8,10,17H,4-7H2,1H3,(H,15,18). The highest BCUT2D eigenvalue weighted by Crippen LogP contribution is 2.22. The Balaban J connectivity index is 1.99. The summed E-state index contributed by atoms with van der Waals surface area (Å²) in [6.45, 7) is 1.99. The van der Waals surface area contributed by atoms with Crippen molar-refractivity contribution >= 4 is 21.8 Å². The smallest absolute Gasteiger partial charge is 0.255 e. The summed E-state index contributed by atoms with van der Waals surface area (Å²) in [6, 6.07) is 5.12. The number of rotatable bonds is 2. The number of benzene rings is 1. The van der Waals surface area contributed by atoms with Crippen molar-refractivity contribution < 1.29 is 9.90 Å². The number of nitrogens with zero attached hydrogens (tertiary/aromatic N) is 1. The van der Waals surface area contributed by atoms with Crippen molar-refractivity contribution in [3.8, 4) is 5.75 Å². The highest BCUT2D eigenvalue weighted by Gasteiger charge is 2.20. The fourth-order valence-corrected chi connectivity index (χ4v) is 2.46. The maximum Gasteiger partial charge on any atom is 0.255 e. The number of aromatic hydroxyl groups is 1. The van der Waals surface area contributed by atoms with Gasteiger partial charge in [-0.15, -0.1) is 0 Å². The third kappa shape index (κ3) is 3.23. The molecular weight excluding hydrogens is 296 g/mol. The van der Waals surface area contributed by atoms with Gasteiger partial charge in [0, 0.05) is 10.5 Å². The Morgan fingerprint density at radius 2 is 2.11 bits per heavy atom. The van der Waals surface area contributed by atoms with Gasteiger partial charge in [0.15, 0.2) is 0 Å². The number of phenolic OH excluding ortho intramolecular Hbond substituents is 1. The summed E-state index contributed by atoms with van der Waals surface area (Å²) in [7, 11) is 2.08. The summed E-state index contributed by atoms with van der Waals surface area (Å²) in [4.78, 5) is 14.3. The SMILES string of the molecule is CN1CCC(NC(=O)c2ccc(Br)cc2O)CC1. The Morgan fingerprint density at radius 1 is 1.44 bits per heavy atom. The number of carbonyl (C=O) groups is 1. The molecule has 1 fully saturated rings. The summed E-state index contributed by atoms with van der Waals surface area (Å²) >= 11 is 3.25. The molecule has 1 aromatic rings. The number of piperidine rings is 1. The largest absolute Gasteiger partial charge is 0.507 e. The molecule has 5 heteroatoms. The maximum absolute atomic E-state index is 12.0. The topological polar surface area (TPSA) is 52.6 Å². The highest BCUT2D eigenvalue weighted by atomic mass is 79.9. The predicted molar refractivity (Wildman–Crippen MR) is 73.8 cm³/mol. The molecule has 1 amide bonds. The average Bonchev–Trinajstić information content (AvgIpc) is 2.32. The van der Waals surface area contributed by atoms with Crippen molar-refractivity contribution in [2.24, 2.45) is 0 Å². The predicted octanol–water partition coefficient (Wildman–Crippen LogP) is 1.98. The summed E-state index contributed by atoms with van der Waals surface area (Å²) in [5.74, 6) is -0.190. The van der Waals surface area contributed by atoms with Crippen LogP contribution in [-0.2, 0) is 0 Å². The molecule has 1 heterocycles. The van der Waals surface area contributed by atoms with Crippen LogP contribution in [0.15, 0.2) is 22.7 Å². The second-order valence-corrected chi connectivity index (χ2v) is 5.63. The van der Waals surface area contributed by atoms with Gasteiger partial charge in [0.25, 0.3) is 5.91 Å². The minimum absolute atomic E-state index is 0.00908. The van der Waals surface area contributed by atoms with E-state index in [1.807, 2.05) is 0 Å². The Labute approximate surface area is 115 Å². The van der Waals surface area contributed by atoms with E-state index in [0.717, 1.165) is 30.4 Å². The summed E-state index contributed by atoms with van der Waals surface area (Å²) < 4.78 is 0.760. The third-order valence-corrected chi connectivity index (χ3v) is 3.75. The first-order valence-electron chi connectivity index (χ1n) is 6.04. The van der Waals surface area contributed by atoms with E-state index in [2.05, 4.69) is 33.2 Å². The lowest BCUT2D eigenvalue weighted by molar-refractivity contribution is 0.0914. The van der Waals surface area contributed by atoms with Gasteiger partial charge in [-0.25, -0.2) is 0 Å². The van der Waals surface area contributed by atoms with Crippen LogP contribution >= 0.6 is 15.9 Å². The van der Waals surface area contributed by atoms with Gasteiger partial charge in [-0.05, 0) is 51.2 Å². The van der Waals surface area contributed by atoms with Crippen LogP contribution in [0.5, 0.6) is 5.75 Å². The minimum atomic E-state index is -0.199. The van der Waals surface area contributed by atoms with Crippen molar-refractivity contribution in [3.05, 3.63) is 28.2 Å². The van der Waals surface area contributed by atoms with Crippen LogP contribution in [0, 0.1) is 0 Å². The lowest BCUT2D eigenvalue weighted by Gasteiger charge is -2.29. The van der Waals surface area contributed by atoms with Crippen LogP contribution in [0.1, 0.15) is 23.2 Å². The van der Waals surface area contributed by atoms with E-state index in [-0.39, 0.29) is 17.7 Å². The Kier molecular flexibility index (Phi) is 4.24. The quantitative estimate of drug-likeness (QED) is 0.878. The first-order valence-corrected chi connectivity index (χ1v) is 6.83. The zero-order valence-electron chi connectivity index (χ0n) is 10.3. The monoisotopic (exact) mass is 312 g/mol. The van der Waals surface area contributed by atoms with Gasteiger partial charge >= 0.3 is 0 Å². The van der Waals surface area contributed by atoms with Crippen molar-refractivity contribution in [2.45, 2.75) is 18.9 Å². The average molecular weight is 313 g/mol. The molecule has 1 saturated heterocycles. The number of amides is 1. The molecule has 0 spiro atoms. The second-order valence-electron chi connectivity index (χ2n) is 4.71. The van der Waals surface area contributed by atoms with Crippen molar-refractivity contribution in [1.29, 1.82) is 0 Å². The second kappa shape index (κ2) is 5.71. The highest BCUT2D eigenvalue weighted by molar-refractivity contribution is 9.10. The first kappa shape index (κ1) is 13.4. The Hall–Kier alpha value is -1.07. The molecule has 2 rings (SSSR count). The zero-order valence-corrected chi connectivity index (χ0v) is 11.9. The molecule has 1 aliphatic rings. The van der Waals surface area contributed by atoms with Gasteiger partial charge in [0.2, 0.25) is 0 Å². The number of likely N-dealkylation sites (tertiary alicyclic amines) is 1. The number of phenols is 1. The van der Waals surface area contributed by atoms with E-state index in [1.54, 1.807) is 12.1 Å². The van der Waals surface area contributed by atoms with Crippen molar-refractivity contribution in [3.63, 3.8) is 0 Å². The molecular formula is C13H17BrN2O2. The molecule has 0 aromatic heterocycles. The van der Waals surface area contributed by atoms with Gasteiger partial charge in [-0.3, -0.25) is 4.79 Å². The van der Waals surface area contributed by atoms with Crippen LogP contribution in [0.25, 0.3) is 0 Å². The lowest BCUT2D eigenvalue weighted by atomic mass is 10.0.